The summed E-state index contributed by atoms with van der Waals surface area (Å²) >= 11 is 0. The average Bonchev–Trinajstić information content (AvgIpc) is 2.19. The third-order valence-electron chi connectivity index (χ3n) is 2.28. The van der Waals surface area contributed by atoms with E-state index in [1.807, 2.05) is 20.8 Å². The molecule has 2 nitrogen and oxygen atoms in total. The van der Waals surface area contributed by atoms with Crippen LogP contribution in [0, 0.1) is 11.3 Å². The standard InChI is InChI=1S/C8H18O.C5H12O.3ClH.V/c1-3-5-6-8(4-2)7-9;1-5(2,3)4-6;;;;/h8-9H,3-7H2,1-2H3;6H,4H2,1-3H3;3*1H;/p-3. The van der Waals surface area contributed by atoms with Gasteiger partial charge in [-0.1, -0.05) is 53.9 Å². The van der Waals surface area contributed by atoms with Crippen LogP contribution >= 0.6 is 0 Å². The van der Waals surface area contributed by atoms with E-state index in [1.54, 1.807) is 0 Å². The number of rotatable bonds is 5. The van der Waals surface area contributed by atoms with E-state index in [0.717, 1.165) is 6.42 Å². The van der Waals surface area contributed by atoms with Crippen LogP contribution in [0.3, 0.4) is 0 Å². The van der Waals surface area contributed by atoms with Gasteiger partial charge in [0.15, 0.2) is 0 Å². The molecule has 123 valence electrons. The molecule has 0 amide bonds. The van der Waals surface area contributed by atoms with E-state index in [0.29, 0.717) is 12.5 Å². The summed E-state index contributed by atoms with van der Waals surface area (Å²) in [4.78, 5) is 0. The van der Waals surface area contributed by atoms with Crippen molar-refractivity contribution < 1.29 is 66.0 Å². The van der Waals surface area contributed by atoms with E-state index in [2.05, 4.69) is 13.8 Å². The van der Waals surface area contributed by atoms with Crippen molar-refractivity contribution in [3.63, 3.8) is 0 Å². The monoisotopic (exact) mass is 374 g/mol. The Labute approximate surface area is 150 Å². The normalized spacial score (nSPS) is 10.3. The molecular formula is C13H30Cl3O2V-3. The van der Waals surface area contributed by atoms with Gasteiger partial charge in [0, 0.05) is 31.8 Å². The fraction of sp³-hybridized carbons (Fsp3) is 1.00. The summed E-state index contributed by atoms with van der Waals surface area (Å²) in [5.74, 6) is 0.560. The molecule has 0 aliphatic rings. The first-order valence-electron chi connectivity index (χ1n) is 6.12. The molecule has 0 saturated carbocycles. The van der Waals surface area contributed by atoms with E-state index < -0.39 is 0 Å². The van der Waals surface area contributed by atoms with Crippen LogP contribution in [0.1, 0.15) is 60.3 Å². The largest absolute Gasteiger partial charge is 1.00 e. The van der Waals surface area contributed by atoms with E-state index in [9.17, 15) is 0 Å². The molecule has 0 saturated heterocycles. The zero-order valence-corrected chi connectivity index (χ0v) is 16.5. The van der Waals surface area contributed by atoms with Gasteiger partial charge in [0.2, 0.25) is 0 Å². The quantitative estimate of drug-likeness (QED) is 0.503. The molecule has 1 atom stereocenters. The van der Waals surface area contributed by atoms with E-state index in [4.69, 9.17) is 10.2 Å². The minimum atomic E-state index is 0. The molecule has 0 spiro atoms. The molecule has 6 heteroatoms. The van der Waals surface area contributed by atoms with Crippen LogP contribution in [-0.4, -0.2) is 23.4 Å². The van der Waals surface area contributed by atoms with E-state index >= 15 is 0 Å². The average molecular weight is 376 g/mol. The van der Waals surface area contributed by atoms with Gasteiger partial charge in [-0.2, -0.15) is 0 Å². The van der Waals surface area contributed by atoms with Gasteiger partial charge in [-0.15, -0.1) is 0 Å². The molecule has 0 aliphatic heterocycles. The first-order valence-corrected chi connectivity index (χ1v) is 6.12. The van der Waals surface area contributed by atoms with E-state index in [1.165, 1.54) is 19.3 Å². The summed E-state index contributed by atoms with van der Waals surface area (Å²) < 4.78 is 0. The fourth-order valence-corrected chi connectivity index (χ4v) is 0.917. The van der Waals surface area contributed by atoms with Crippen molar-refractivity contribution in [3.05, 3.63) is 0 Å². The number of aliphatic hydroxyl groups excluding tert-OH is 2. The molecule has 0 heterocycles. The molecule has 0 aromatic heterocycles. The minimum Gasteiger partial charge on any atom is -1.00 e. The second-order valence-corrected chi connectivity index (χ2v) is 5.32. The van der Waals surface area contributed by atoms with Crippen molar-refractivity contribution in [2.75, 3.05) is 13.2 Å². The predicted octanol–water partition coefficient (Wildman–Crippen LogP) is -5.77. The smallest absolute Gasteiger partial charge is 0.0479 e. The van der Waals surface area contributed by atoms with Gasteiger partial charge < -0.3 is 47.4 Å². The van der Waals surface area contributed by atoms with Crippen molar-refractivity contribution in [2.24, 2.45) is 11.3 Å². The minimum absolute atomic E-state index is 0. The second kappa shape index (κ2) is 24.4. The number of hydrogen-bond donors (Lipinski definition) is 2. The van der Waals surface area contributed by atoms with Crippen LogP contribution in [0.2, 0.25) is 0 Å². The summed E-state index contributed by atoms with van der Waals surface area (Å²) in [6, 6.07) is 0. The molecule has 1 unspecified atom stereocenters. The predicted molar refractivity (Wildman–Crippen MR) is 66.9 cm³/mol. The third kappa shape index (κ3) is 38.2. The first kappa shape index (κ1) is 37.0. The number of unbranched alkanes of at least 4 members (excludes halogenated alkanes) is 1. The fourth-order valence-electron chi connectivity index (χ4n) is 0.917. The zero-order chi connectivity index (χ0) is 12.3. The van der Waals surface area contributed by atoms with Gasteiger partial charge >= 0.3 is 0 Å². The Balaban J connectivity index is -0.0000000385. The second-order valence-electron chi connectivity index (χ2n) is 5.32. The number of hydrogen-bond acceptors (Lipinski definition) is 2. The molecule has 0 bridgehead atoms. The summed E-state index contributed by atoms with van der Waals surface area (Å²) in [5.41, 5.74) is 0.0972. The molecule has 2 N–H and O–H groups in total. The van der Waals surface area contributed by atoms with Gasteiger partial charge in [0.05, 0.1) is 0 Å². The van der Waals surface area contributed by atoms with Crippen molar-refractivity contribution >= 4 is 0 Å². The molecule has 0 rings (SSSR count). The Bertz CT molecular complexity index is 130. The van der Waals surface area contributed by atoms with Crippen molar-refractivity contribution in [3.8, 4) is 0 Å². The van der Waals surface area contributed by atoms with Crippen molar-refractivity contribution in [1.82, 2.24) is 0 Å². The molecule has 0 aliphatic carbocycles. The van der Waals surface area contributed by atoms with Crippen LogP contribution in [0.25, 0.3) is 0 Å². The number of halogens is 3. The maximum Gasteiger partial charge on any atom is 0.0479 e. The molecule has 0 fully saturated rings. The number of aliphatic hydroxyl groups is 2. The summed E-state index contributed by atoms with van der Waals surface area (Å²) in [5, 5.41) is 17.2. The molecular weight excluding hydrogens is 345 g/mol. The van der Waals surface area contributed by atoms with Gasteiger partial charge in [0.1, 0.15) is 0 Å². The Morgan fingerprint density at radius 3 is 1.47 bits per heavy atom. The Hall–Kier alpha value is 1.37. The van der Waals surface area contributed by atoms with Crippen LogP contribution in [0.4, 0.5) is 0 Å². The zero-order valence-electron chi connectivity index (χ0n) is 12.8. The van der Waals surface area contributed by atoms with Gasteiger partial charge in [0.25, 0.3) is 0 Å². The summed E-state index contributed by atoms with van der Waals surface area (Å²) in [6.45, 7) is 10.9. The molecule has 1 radical (unpaired) electrons. The van der Waals surface area contributed by atoms with Gasteiger partial charge in [-0.25, -0.2) is 0 Å². The molecule has 0 aromatic carbocycles. The van der Waals surface area contributed by atoms with Crippen molar-refractivity contribution in [2.45, 2.75) is 60.3 Å². The van der Waals surface area contributed by atoms with Crippen LogP contribution < -0.4 is 37.2 Å². The van der Waals surface area contributed by atoms with Crippen molar-refractivity contribution in [1.29, 1.82) is 0 Å². The first-order chi connectivity index (χ1) is 6.91. The summed E-state index contributed by atoms with van der Waals surface area (Å²) in [6.07, 6.45) is 4.83. The SMILES string of the molecule is CC(C)(C)CO.CCCCC(CC)CO.[Cl-].[Cl-].[Cl-].[V]. The Morgan fingerprint density at radius 1 is 0.947 bits per heavy atom. The molecule has 0 aromatic rings. The van der Waals surface area contributed by atoms with Gasteiger partial charge in [-0.05, 0) is 17.8 Å². The Morgan fingerprint density at radius 2 is 1.32 bits per heavy atom. The topological polar surface area (TPSA) is 40.5 Å². The van der Waals surface area contributed by atoms with Crippen LogP contribution in [0.5, 0.6) is 0 Å². The van der Waals surface area contributed by atoms with E-state index in [-0.39, 0.29) is 67.8 Å². The third-order valence-corrected chi connectivity index (χ3v) is 2.28. The molecule has 19 heavy (non-hydrogen) atoms. The Kier molecular flexibility index (Phi) is 47.5. The maximum atomic E-state index is 8.75. The maximum absolute atomic E-state index is 8.75. The summed E-state index contributed by atoms with van der Waals surface area (Å²) in [7, 11) is 0. The van der Waals surface area contributed by atoms with Crippen LogP contribution in [-0.2, 0) is 18.6 Å². The van der Waals surface area contributed by atoms with Gasteiger partial charge in [-0.3, -0.25) is 0 Å². The van der Waals surface area contributed by atoms with Crippen LogP contribution in [0.15, 0.2) is 0 Å².